The molecule has 2 atom stereocenters. The number of nitrogens with zero attached hydrogens (tertiary/aromatic N) is 3. The van der Waals surface area contributed by atoms with Gasteiger partial charge in [-0.2, -0.15) is 0 Å². The molecular weight excluding hydrogens is 260 g/mol. The Hall–Kier alpha value is -1.39. The fourth-order valence-corrected chi connectivity index (χ4v) is 3.49. The summed E-state index contributed by atoms with van der Waals surface area (Å²) in [6, 6.07) is 9.01. The van der Waals surface area contributed by atoms with E-state index in [0.717, 1.165) is 24.4 Å². The summed E-state index contributed by atoms with van der Waals surface area (Å²) in [6.07, 6.45) is 1.23. The minimum Gasteiger partial charge on any atom is -0.327 e. The Morgan fingerprint density at radius 3 is 2.90 bits per heavy atom. The molecule has 1 fully saturated rings. The number of aryl methyl sites for hydroxylation is 1. The number of imidazole rings is 1. The smallest absolute Gasteiger partial charge is 0.123 e. The van der Waals surface area contributed by atoms with E-state index in [2.05, 4.69) is 59.9 Å². The van der Waals surface area contributed by atoms with Crippen molar-refractivity contribution in [3.63, 3.8) is 0 Å². The second-order valence-corrected chi connectivity index (χ2v) is 6.28. The van der Waals surface area contributed by atoms with Crippen molar-refractivity contribution in [3.8, 4) is 0 Å². The molecular formula is C17H26N4. The van der Waals surface area contributed by atoms with Crippen molar-refractivity contribution in [2.75, 3.05) is 20.1 Å². The van der Waals surface area contributed by atoms with E-state index in [-0.39, 0.29) is 0 Å². The summed E-state index contributed by atoms with van der Waals surface area (Å²) < 4.78 is 2.32. The molecule has 0 spiro atoms. The third-order valence-electron chi connectivity index (χ3n) is 4.68. The van der Waals surface area contributed by atoms with Crippen LogP contribution in [-0.4, -0.2) is 40.6 Å². The quantitative estimate of drug-likeness (QED) is 0.937. The lowest BCUT2D eigenvalue weighted by molar-refractivity contribution is 0.173. The molecule has 2 aromatic rings. The molecule has 0 saturated carbocycles. The monoisotopic (exact) mass is 286 g/mol. The highest BCUT2D eigenvalue weighted by atomic mass is 15.1. The molecule has 0 amide bonds. The third-order valence-corrected chi connectivity index (χ3v) is 4.68. The van der Waals surface area contributed by atoms with Gasteiger partial charge in [-0.05, 0) is 45.0 Å². The summed E-state index contributed by atoms with van der Waals surface area (Å²) in [5.41, 5.74) is 2.35. The zero-order chi connectivity index (χ0) is 14.8. The van der Waals surface area contributed by atoms with Crippen LogP contribution >= 0.6 is 0 Å². The predicted octanol–water partition coefficient (Wildman–Crippen LogP) is 2.49. The van der Waals surface area contributed by atoms with Crippen LogP contribution in [0.3, 0.4) is 0 Å². The lowest BCUT2D eigenvalue weighted by atomic mass is 9.94. The van der Waals surface area contributed by atoms with Gasteiger partial charge in [-0.15, -0.1) is 0 Å². The Balaban J connectivity index is 1.73. The van der Waals surface area contributed by atoms with Gasteiger partial charge in [0.1, 0.15) is 5.82 Å². The number of hydrogen-bond donors (Lipinski definition) is 1. The molecule has 1 aromatic heterocycles. The number of benzene rings is 1. The fourth-order valence-electron chi connectivity index (χ4n) is 3.49. The van der Waals surface area contributed by atoms with Crippen LogP contribution in [0.25, 0.3) is 11.0 Å². The molecule has 2 heterocycles. The average molecular weight is 286 g/mol. The van der Waals surface area contributed by atoms with Crippen molar-refractivity contribution in [1.29, 1.82) is 0 Å². The zero-order valence-electron chi connectivity index (χ0n) is 13.3. The van der Waals surface area contributed by atoms with Gasteiger partial charge in [0.25, 0.3) is 0 Å². The largest absolute Gasteiger partial charge is 0.327 e. The second kappa shape index (κ2) is 6.16. The number of rotatable bonds is 4. The van der Waals surface area contributed by atoms with Gasteiger partial charge < -0.3 is 14.8 Å². The molecule has 0 radical (unpaired) electrons. The van der Waals surface area contributed by atoms with Crippen molar-refractivity contribution in [2.24, 2.45) is 5.92 Å². The van der Waals surface area contributed by atoms with Gasteiger partial charge in [0, 0.05) is 19.1 Å². The summed E-state index contributed by atoms with van der Waals surface area (Å²) in [5.74, 6) is 1.85. The number of fused-ring (bicyclic) bond motifs is 1. The summed E-state index contributed by atoms with van der Waals surface area (Å²) in [5, 5.41) is 3.73. The van der Waals surface area contributed by atoms with Crippen LogP contribution < -0.4 is 5.32 Å². The number of nitrogens with one attached hydrogen (secondary N) is 1. The van der Waals surface area contributed by atoms with E-state index in [4.69, 9.17) is 4.98 Å². The number of hydrogen-bond acceptors (Lipinski definition) is 3. The molecule has 2 unspecified atom stereocenters. The van der Waals surface area contributed by atoms with Crippen LogP contribution in [0.4, 0.5) is 0 Å². The van der Waals surface area contributed by atoms with Crippen LogP contribution in [-0.2, 0) is 13.1 Å². The fraction of sp³-hybridized carbons (Fsp3) is 0.588. The van der Waals surface area contributed by atoms with E-state index in [0.29, 0.717) is 12.0 Å². The van der Waals surface area contributed by atoms with Gasteiger partial charge >= 0.3 is 0 Å². The van der Waals surface area contributed by atoms with Crippen LogP contribution in [0.15, 0.2) is 24.3 Å². The first-order valence-electron chi connectivity index (χ1n) is 8.05. The number of piperidine rings is 1. The molecule has 4 heteroatoms. The van der Waals surface area contributed by atoms with Crippen molar-refractivity contribution in [2.45, 2.75) is 39.4 Å². The zero-order valence-corrected chi connectivity index (χ0v) is 13.3. The average Bonchev–Trinajstić information content (AvgIpc) is 2.83. The highest BCUT2D eigenvalue weighted by molar-refractivity contribution is 5.75. The summed E-state index contributed by atoms with van der Waals surface area (Å²) in [7, 11) is 2.21. The molecule has 0 aliphatic carbocycles. The summed E-state index contributed by atoms with van der Waals surface area (Å²) >= 11 is 0. The molecule has 1 aromatic carbocycles. The van der Waals surface area contributed by atoms with E-state index < -0.39 is 0 Å². The Morgan fingerprint density at radius 1 is 1.33 bits per heavy atom. The maximum atomic E-state index is 4.80. The van der Waals surface area contributed by atoms with Gasteiger partial charge in [0.05, 0.1) is 17.6 Å². The van der Waals surface area contributed by atoms with Gasteiger partial charge in [-0.3, -0.25) is 0 Å². The molecule has 0 bridgehead atoms. The Labute approximate surface area is 127 Å². The van der Waals surface area contributed by atoms with Crippen LogP contribution in [0.5, 0.6) is 0 Å². The number of para-hydroxylation sites is 2. The summed E-state index contributed by atoms with van der Waals surface area (Å²) in [4.78, 5) is 7.22. The SMILES string of the molecule is CCn1c(CNC2CCN(C)CC2C)nc2ccccc21. The maximum Gasteiger partial charge on any atom is 0.123 e. The molecule has 3 rings (SSSR count). The Morgan fingerprint density at radius 2 is 2.14 bits per heavy atom. The van der Waals surface area contributed by atoms with Gasteiger partial charge in [0.2, 0.25) is 0 Å². The van der Waals surface area contributed by atoms with Crippen molar-refractivity contribution < 1.29 is 0 Å². The minimum atomic E-state index is 0.603. The molecule has 1 N–H and O–H groups in total. The normalized spacial score (nSPS) is 23.8. The first kappa shape index (κ1) is 14.5. The van der Waals surface area contributed by atoms with Gasteiger partial charge in [0.15, 0.2) is 0 Å². The number of likely N-dealkylation sites (tertiary alicyclic amines) is 1. The highest BCUT2D eigenvalue weighted by Gasteiger charge is 2.24. The molecule has 4 nitrogen and oxygen atoms in total. The highest BCUT2D eigenvalue weighted by Crippen LogP contribution is 2.18. The Bertz CT molecular complexity index is 604. The van der Waals surface area contributed by atoms with E-state index in [1.54, 1.807) is 0 Å². The van der Waals surface area contributed by atoms with Crippen LogP contribution in [0, 0.1) is 5.92 Å². The predicted molar refractivity (Wildman–Crippen MR) is 87.3 cm³/mol. The van der Waals surface area contributed by atoms with Crippen LogP contribution in [0.1, 0.15) is 26.1 Å². The number of aromatic nitrogens is 2. The molecule has 1 aliphatic heterocycles. The van der Waals surface area contributed by atoms with E-state index in [1.807, 2.05) is 0 Å². The van der Waals surface area contributed by atoms with Crippen molar-refractivity contribution in [1.82, 2.24) is 19.8 Å². The Kier molecular flexibility index (Phi) is 4.27. The molecule has 114 valence electrons. The van der Waals surface area contributed by atoms with Gasteiger partial charge in [-0.25, -0.2) is 4.98 Å². The van der Waals surface area contributed by atoms with Crippen LogP contribution in [0.2, 0.25) is 0 Å². The minimum absolute atomic E-state index is 0.603. The first-order valence-corrected chi connectivity index (χ1v) is 8.05. The van der Waals surface area contributed by atoms with Gasteiger partial charge in [-0.1, -0.05) is 19.1 Å². The topological polar surface area (TPSA) is 33.1 Å². The standard InChI is InChI=1S/C17H26N4/c1-4-21-16-8-6-5-7-15(16)19-17(21)11-18-14-9-10-20(3)12-13(14)2/h5-8,13-14,18H,4,9-12H2,1-3H3. The molecule has 21 heavy (non-hydrogen) atoms. The molecule has 1 aliphatic rings. The lowest BCUT2D eigenvalue weighted by Crippen LogP contribution is -2.46. The first-order chi connectivity index (χ1) is 10.2. The third kappa shape index (κ3) is 2.97. The van der Waals surface area contributed by atoms with E-state index in [9.17, 15) is 0 Å². The van der Waals surface area contributed by atoms with Crippen molar-refractivity contribution >= 4 is 11.0 Å². The van der Waals surface area contributed by atoms with E-state index in [1.165, 1.54) is 25.0 Å². The lowest BCUT2D eigenvalue weighted by Gasteiger charge is -2.35. The maximum absolute atomic E-state index is 4.80. The summed E-state index contributed by atoms with van der Waals surface area (Å²) in [6.45, 7) is 8.74. The molecule has 1 saturated heterocycles. The second-order valence-electron chi connectivity index (χ2n) is 6.28. The van der Waals surface area contributed by atoms with Crippen molar-refractivity contribution in [3.05, 3.63) is 30.1 Å². The van der Waals surface area contributed by atoms with E-state index >= 15 is 0 Å².